The molecule has 1 amide bonds. The maximum absolute atomic E-state index is 11.3. The van der Waals surface area contributed by atoms with Gasteiger partial charge in [0, 0.05) is 19.3 Å². The highest BCUT2D eigenvalue weighted by atomic mass is 16.1. The minimum absolute atomic E-state index is 0.299. The van der Waals surface area contributed by atoms with Crippen molar-refractivity contribution >= 4 is 11.6 Å². The number of benzene rings is 1. The molecule has 0 fully saturated rings. The van der Waals surface area contributed by atoms with Crippen LogP contribution < -0.4 is 16.0 Å². The number of nitrogens with zero attached hydrogens (tertiary/aromatic N) is 1. The summed E-state index contributed by atoms with van der Waals surface area (Å²) in [6, 6.07) is 10.2. The van der Waals surface area contributed by atoms with E-state index in [1.165, 1.54) is 5.69 Å². The molecule has 0 aliphatic heterocycles. The van der Waals surface area contributed by atoms with Gasteiger partial charge in [-0.15, -0.1) is 0 Å². The number of likely N-dealkylation sites (N-methyl/N-ethyl adjacent to an activating group) is 1. The van der Waals surface area contributed by atoms with Gasteiger partial charge in [0.25, 0.3) is 0 Å². The fraction of sp³-hybridized carbons (Fsp3) is 0.500. The number of nitrogens with two attached hydrogens (primary N) is 1. The van der Waals surface area contributed by atoms with E-state index in [9.17, 15) is 4.79 Å². The number of primary amides is 1. The Labute approximate surface area is 109 Å². The number of para-hydroxylation sites is 1. The van der Waals surface area contributed by atoms with Crippen LogP contribution in [0.4, 0.5) is 5.69 Å². The van der Waals surface area contributed by atoms with Gasteiger partial charge < -0.3 is 16.0 Å². The number of nitrogens with one attached hydrogen (secondary N) is 1. The van der Waals surface area contributed by atoms with E-state index in [-0.39, 0.29) is 5.91 Å². The van der Waals surface area contributed by atoms with Crippen LogP contribution in [0.25, 0.3) is 0 Å². The van der Waals surface area contributed by atoms with Gasteiger partial charge in [-0.05, 0) is 38.9 Å². The van der Waals surface area contributed by atoms with E-state index >= 15 is 0 Å². The van der Waals surface area contributed by atoms with Crippen molar-refractivity contribution in [3.63, 3.8) is 0 Å². The van der Waals surface area contributed by atoms with E-state index in [1.54, 1.807) is 7.05 Å². The molecule has 1 aromatic carbocycles. The number of hydrogen-bond acceptors (Lipinski definition) is 3. The number of anilines is 1. The molecule has 4 nitrogen and oxygen atoms in total. The number of rotatable bonds is 7. The zero-order valence-electron chi connectivity index (χ0n) is 11.4. The summed E-state index contributed by atoms with van der Waals surface area (Å²) in [5, 5.41) is 3.00. The lowest BCUT2D eigenvalue weighted by molar-refractivity contribution is -0.123. The second-order valence-electron chi connectivity index (χ2n) is 4.81. The maximum atomic E-state index is 11.3. The van der Waals surface area contributed by atoms with Gasteiger partial charge >= 0.3 is 0 Å². The molecule has 0 aliphatic carbocycles. The summed E-state index contributed by atoms with van der Waals surface area (Å²) >= 11 is 0. The predicted octanol–water partition coefficient (Wildman–Crippen LogP) is 1.37. The molecule has 3 N–H and O–H groups in total. The van der Waals surface area contributed by atoms with E-state index in [2.05, 4.69) is 29.4 Å². The average Bonchev–Trinajstić information content (AvgIpc) is 2.39. The first-order valence-electron chi connectivity index (χ1n) is 6.24. The van der Waals surface area contributed by atoms with Crippen molar-refractivity contribution < 1.29 is 4.79 Å². The number of carbonyl (C=O) groups excluding carboxylic acids is 1. The van der Waals surface area contributed by atoms with Gasteiger partial charge in [-0.25, -0.2) is 0 Å². The van der Waals surface area contributed by atoms with E-state index < -0.39 is 5.54 Å². The van der Waals surface area contributed by atoms with Gasteiger partial charge in [0.2, 0.25) is 5.91 Å². The summed E-state index contributed by atoms with van der Waals surface area (Å²) in [5.41, 5.74) is 5.96. The summed E-state index contributed by atoms with van der Waals surface area (Å²) in [6.07, 6.45) is 1.64. The third-order valence-electron chi connectivity index (χ3n) is 3.46. The maximum Gasteiger partial charge on any atom is 0.237 e. The van der Waals surface area contributed by atoms with Crippen LogP contribution in [0.5, 0.6) is 0 Å². The lowest BCUT2D eigenvalue weighted by Crippen LogP contribution is -2.51. The molecule has 1 unspecified atom stereocenters. The molecule has 18 heavy (non-hydrogen) atoms. The fourth-order valence-corrected chi connectivity index (χ4v) is 1.85. The molecule has 0 radical (unpaired) electrons. The smallest absolute Gasteiger partial charge is 0.237 e. The number of carbonyl (C=O) groups is 1. The Balaban J connectivity index is 2.45. The molecule has 0 spiro atoms. The van der Waals surface area contributed by atoms with Crippen LogP contribution in [0.3, 0.4) is 0 Å². The Kier molecular flexibility index (Phi) is 5.16. The molecule has 1 rings (SSSR count). The van der Waals surface area contributed by atoms with E-state index in [4.69, 9.17) is 5.73 Å². The molecule has 100 valence electrons. The van der Waals surface area contributed by atoms with Gasteiger partial charge in [0.05, 0.1) is 5.54 Å². The first-order chi connectivity index (χ1) is 8.49. The average molecular weight is 249 g/mol. The van der Waals surface area contributed by atoms with Crippen LogP contribution >= 0.6 is 0 Å². The highest BCUT2D eigenvalue weighted by Gasteiger charge is 2.28. The molecular formula is C14H23N3O. The Morgan fingerprint density at radius 3 is 2.50 bits per heavy atom. The molecule has 0 saturated carbocycles. The summed E-state index contributed by atoms with van der Waals surface area (Å²) in [6.45, 7) is 2.74. The minimum Gasteiger partial charge on any atom is -0.375 e. The van der Waals surface area contributed by atoms with E-state index in [0.29, 0.717) is 0 Å². The van der Waals surface area contributed by atoms with Crippen LogP contribution in [0.2, 0.25) is 0 Å². The fourth-order valence-electron chi connectivity index (χ4n) is 1.85. The third-order valence-corrected chi connectivity index (χ3v) is 3.46. The van der Waals surface area contributed by atoms with Gasteiger partial charge in [0.1, 0.15) is 0 Å². The van der Waals surface area contributed by atoms with Crippen LogP contribution in [-0.2, 0) is 4.79 Å². The molecule has 1 atom stereocenters. The van der Waals surface area contributed by atoms with Gasteiger partial charge in [-0.1, -0.05) is 18.2 Å². The standard InChI is InChI=1S/C14H23N3O/c1-14(16-2,13(15)18)10-7-11-17(3)12-8-5-4-6-9-12/h4-6,8-9,16H,7,10-11H2,1-3H3,(H2,15,18). The number of amides is 1. The van der Waals surface area contributed by atoms with Crippen molar-refractivity contribution in [2.24, 2.45) is 5.73 Å². The van der Waals surface area contributed by atoms with Gasteiger partial charge in [0.15, 0.2) is 0 Å². The van der Waals surface area contributed by atoms with Crippen molar-refractivity contribution in [1.82, 2.24) is 5.32 Å². The normalized spacial score (nSPS) is 13.9. The van der Waals surface area contributed by atoms with Crippen LogP contribution in [-0.4, -0.2) is 32.1 Å². The van der Waals surface area contributed by atoms with Crippen LogP contribution in [0.1, 0.15) is 19.8 Å². The quantitative estimate of drug-likeness (QED) is 0.767. The largest absolute Gasteiger partial charge is 0.375 e. The Morgan fingerprint density at radius 1 is 1.39 bits per heavy atom. The third kappa shape index (κ3) is 3.74. The minimum atomic E-state index is -0.614. The second kappa shape index (κ2) is 6.40. The molecule has 0 aromatic heterocycles. The number of hydrogen-bond donors (Lipinski definition) is 2. The SMILES string of the molecule is CNC(C)(CCCN(C)c1ccccc1)C(N)=O. The van der Waals surface area contributed by atoms with Crippen molar-refractivity contribution in [3.8, 4) is 0 Å². The second-order valence-corrected chi connectivity index (χ2v) is 4.81. The Morgan fingerprint density at radius 2 is 2.00 bits per heavy atom. The monoisotopic (exact) mass is 249 g/mol. The highest BCUT2D eigenvalue weighted by molar-refractivity contribution is 5.84. The van der Waals surface area contributed by atoms with E-state index in [0.717, 1.165) is 19.4 Å². The summed E-state index contributed by atoms with van der Waals surface area (Å²) in [7, 11) is 3.82. The Hall–Kier alpha value is -1.55. The molecule has 4 heteroatoms. The van der Waals surface area contributed by atoms with Gasteiger partial charge in [-0.3, -0.25) is 4.79 Å². The lowest BCUT2D eigenvalue weighted by Gasteiger charge is -2.27. The Bertz CT molecular complexity index is 380. The van der Waals surface area contributed by atoms with Crippen LogP contribution in [0, 0.1) is 0 Å². The topological polar surface area (TPSA) is 58.4 Å². The summed E-state index contributed by atoms with van der Waals surface area (Å²) in [5.74, 6) is -0.299. The zero-order chi connectivity index (χ0) is 13.6. The molecule has 1 aromatic rings. The zero-order valence-corrected chi connectivity index (χ0v) is 11.4. The molecular weight excluding hydrogens is 226 g/mol. The summed E-state index contributed by atoms with van der Waals surface area (Å²) in [4.78, 5) is 13.5. The van der Waals surface area contributed by atoms with Gasteiger partial charge in [-0.2, -0.15) is 0 Å². The first-order valence-corrected chi connectivity index (χ1v) is 6.24. The van der Waals surface area contributed by atoms with Crippen molar-refractivity contribution in [1.29, 1.82) is 0 Å². The predicted molar refractivity (Wildman–Crippen MR) is 75.6 cm³/mol. The van der Waals surface area contributed by atoms with Crippen LogP contribution in [0.15, 0.2) is 30.3 Å². The van der Waals surface area contributed by atoms with Crippen molar-refractivity contribution in [2.75, 3.05) is 25.5 Å². The lowest BCUT2D eigenvalue weighted by atomic mass is 9.95. The first kappa shape index (κ1) is 14.5. The highest BCUT2D eigenvalue weighted by Crippen LogP contribution is 2.15. The van der Waals surface area contributed by atoms with E-state index in [1.807, 2.05) is 25.1 Å². The van der Waals surface area contributed by atoms with Crippen molar-refractivity contribution in [3.05, 3.63) is 30.3 Å². The van der Waals surface area contributed by atoms with Crippen molar-refractivity contribution in [2.45, 2.75) is 25.3 Å². The molecule has 0 aliphatic rings. The summed E-state index contributed by atoms with van der Waals surface area (Å²) < 4.78 is 0. The molecule has 0 saturated heterocycles. The molecule has 0 bridgehead atoms. The molecule has 0 heterocycles.